The maximum absolute atomic E-state index is 11.9. The summed E-state index contributed by atoms with van der Waals surface area (Å²) < 4.78 is 0. The van der Waals surface area contributed by atoms with E-state index in [1.165, 1.54) is 6.07 Å². The van der Waals surface area contributed by atoms with Crippen molar-refractivity contribution in [1.82, 2.24) is 10.9 Å². The van der Waals surface area contributed by atoms with Crippen LogP contribution in [0.3, 0.4) is 0 Å². The van der Waals surface area contributed by atoms with Crippen molar-refractivity contribution in [1.29, 1.82) is 0 Å². The molecule has 0 unspecified atom stereocenters. The average Bonchev–Trinajstić information content (AvgIpc) is 2.61. The summed E-state index contributed by atoms with van der Waals surface area (Å²) >= 11 is 11.8. The number of anilines is 1. The SMILES string of the molecule is Cc1c(Cl)cccc1NC(=O)CCC(=O)NNC(=O)c1cccc(Cl)c1. The van der Waals surface area contributed by atoms with Gasteiger partial charge in [-0.3, -0.25) is 25.2 Å². The number of hydrogen-bond donors (Lipinski definition) is 3. The van der Waals surface area contributed by atoms with Gasteiger partial charge in [0, 0.05) is 34.1 Å². The molecule has 3 N–H and O–H groups in total. The van der Waals surface area contributed by atoms with Crippen LogP contribution in [0.4, 0.5) is 5.69 Å². The van der Waals surface area contributed by atoms with Gasteiger partial charge in [-0.15, -0.1) is 0 Å². The Balaban J connectivity index is 1.77. The number of nitrogens with one attached hydrogen (secondary N) is 3. The Bertz CT molecular complexity index is 840. The van der Waals surface area contributed by atoms with Gasteiger partial charge in [0.25, 0.3) is 5.91 Å². The van der Waals surface area contributed by atoms with Gasteiger partial charge in [0.2, 0.25) is 11.8 Å². The summed E-state index contributed by atoms with van der Waals surface area (Å²) in [6.45, 7) is 1.79. The van der Waals surface area contributed by atoms with Gasteiger partial charge in [0.05, 0.1) is 0 Å². The Morgan fingerprint density at radius 2 is 1.62 bits per heavy atom. The summed E-state index contributed by atoms with van der Waals surface area (Å²) in [6, 6.07) is 11.5. The lowest BCUT2D eigenvalue weighted by Crippen LogP contribution is -2.41. The topological polar surface area (TPSA) is 87.3 Å². The fraction of sp³-hybridized carbons (Fsp3) is 0.167. The summed E-state index contributed by atoms with van der Waals surface area (Å²) in [5.41, 5.74) is 6.18. The van der Waals surface area contributed by atoms with Crippen LogP contribution in [0.1, 0.15) is 28.8 Å². The number of halogens is 2. The van der Waals surface area contributed by atoms with E-state index < -0.39 is 11.8 Å². The van der Waals surface area contributed by atoms with E-state index in [9.17, 15) is 14.4 Å². The summed E-state index contributed by atoms with van der Waals surface area (Å²) in [5, 5.41) is 3.66. The van der Waals surface area contributed by atoms with Gasteiger partial charge in [-0.1, -0.05) is 35.3 Å². The van der Waals surface area contributed by atoms with Crippen molar-refractivity contribution in [3.05, 3.63) is 63.6 Å². The first-order valence-corrected chi connectivity index (χ1v) is 8.52. The van der Waals surface area contributed by atoms with Crippen molar-refractivity contribution >= 4 is 46.6 Å². The smallest absolute Gasteiger partial charge is 0.269 e. The van der Waals surface area contributed by atoms with Crippen molar-refractivity contribution in [2.45, 2.75) is 19.8 Å². The van der Waals surface area contributed by atoms with E-state index in [4.69, 9.17) is 23.2 Å². The predicted molar refractivity (Wildman–Crippen MR) is 101 cm³/mol. The standard InChI is InChI=1S/C18H17Cl2N3O3/c1-11-14(20)6-3-7-15(11)21-16(24)8-9-17(25)22-23-18(26)12-4-2-5-13(19)10-12/h2-7,10H,8-9H2,1H3,(H,21,24)(H,22,25)(H,23,26). The highest BCUT2D eigenvalue weighted by molar-refractivity contribution is 6.31. The highest BCUT2D eigenvalue weighted by Gasteiger charge is 2.11. The molecular weight excluding hydrogens is 377 g/mol. The molecule has 6 nitrogen and oxygen atoms in total. The van der Waals surface area contributed by atoms with E-state index in [1.807, 2.05) is 0 Å². The van der Waals surface area contributed by atoms with Crippen LogP contribution < -0.4 is 16.2 Å². The monoisotopic (exact) mass is 393 g/mol. The molecule has 0 radical (unpaired) electrons. The molecule has 136 valence electrons. The molecule has 0 saturated carbocycles. The van der Waals surface area contributed by atoms with Crippen molar-refractivity contribution in [3.63, 3.8) is 0 Å². The summed E-state index contributed by atoms with van der Waals surface area (Å²) in [4.78, 5) is 35.6. The first-order chi connectivity index (χ1) is 12.4. The second-order valence-electron chi connectivity index (χ2n) is 5.47. The number of benzene rings is 2. The van der Waals surface area contributed by atoms with Gasteiger partial charge in [-0.25, -0.2) is 0 Å². The highest BCUT2D eigenvalue weighted by atomic mass is 35.5. The lowest BCUT2D eigenvalue weighted by atomic mass is 10.2. The number of carbonyl (C=O) groups is 3. The van der Waals surface area contributed by atoms with Gasteiger partial charge in [0.15, 0.2) is 0 Å². The summed E-state index contributed by atoms with van der Waals surface area (Å²) in [5.74, 6) is -1.31. The molecule has 0 aromatic heterocycles. The van der Waals surface area contributed by atoms with Crippen LogP contribution in [0.15, 0.2) is 42.5 Å². The first-order valence-electron chi connectivity index (χ1n) is 7.76. The minimum absolute atomic E-state index is 0.0369. The summed E-state index contributed by atoms with van der Waals surface area (Å²) in [6.07, 6.45) is -0.119. The fourth-order valence-electron chi connectivity index (χ4n) is 2.07. The molecule has 8 heteroatoms. The number of rotatable bonds is 5. The van der Waals surface area contributed by atoms with Crippen molar-refractivity contribution in [2.24, 2.45) is 0 Å². The van der Waals surface area contributed by atoms with E-state index in [0.717, 1.165) is 5.56 Å². The molecule has 2 rings (SSSR count). The molecule has 2 aromatic rings. The van der Waals surface area contributed by atoms with Crippen LogP contribution in [0.25, 0.3) is 0 Å². The molecule has 0 spiro atoms. The van der Waals surface area contributed by atoms with Gasteiger partial charge < -0.3 is 5.32 Å². The molecule has 0 atom stereocenters. The van der Waals surface area contributed by atoms with Crippen molar-refractivity contribution in [2.75, 3.05) is 5.32 Å². The van der Waals surface area contributed by atoms with E-state index in [2.05, 4.69) is 16.2 Å². The van der Waals surface area contributed by atoms with Crippen molar-refractivity contribution < 1.29 is 14.4 Å². The van der Waals surface area contributed by atoms with Gasteiger partial charge >= 0.3 is 0 Å². The van der Waals surface area contributed by atoms with Gasteiger partial charge in [0.1, 0.15) is 0 Å². The zero-order chi connectivity index (χ0) is 19.1. The van der Waals surface area contributed by atoms with Crippen LogP contribution >= 0.6 is 23.2 Å². The highest BCUT2D eigenvalue weighted by Crippen LogP contribution is 2.23. The van der Waals surface area contributed by atoms with Crippen LogP contribution in [-0.2, 0) is 9.59 Å². The Kier molecular flexibility index (Phi) is 7.00. The average molecular weight is 394 g/mol. The Morgan fingerprint density at radius 3 is 2.35 bits per heavy atom. The Hall–Kier alpha value is -2.57. The number of hydrazine groups is 1. The molecule has 0 aliphatic carbocycles. The number of carbonyl (C=O) groups excluding carboxylic acids is 3. The molecule has 0 bridgehead atoms. The molecule has 3 amide bonds. The van der Waals surface area contributed by atoms with Crippen LogP contribution in [0.2, 0.25) is 10.0 Å². The molecule has 0 aliphatic rings. The zero-order valence-corrected chi connectivity index (χ0v) is 15.4. The number of amides is 3. The predicted octanol–water partition coefficient (Wildman–Crippen LogP) is 3.48. The summed E-state index contributed by atoms with van der Waals surface area (Å²) in [7, 11) is 0. The van der Waals surface area contributed by atoms with E-state index in [-0.39, 0.29) is 18.7 Å². The molecule has 0 aliphatic heterocycles. The maximum atomic E-state index is 11.9. The molecule has 0 fully saturated rings. The third-order valence-corrected chi connectivity index (χ3v) is 4.17. The van der Waals surface area contributed by atoms with Crippen LogP contribution in [0.5, 0.6) is 0 Å². The lowest BCUT2D eigenvalue weighted by molar-refractivity contribution is -0.124. The minimum Gasteiger partial charge on any atom is -0.326 e. The van der Waals surface area contributed by atoms with Crippen molar-refractivity contribution in [3.8, 4) is 0 Å². The Labute approximate surface area is 160 Å². The van der Waals surface area contributed by atoms with Crippen LogP contribution in [0, 0.1) is 6.92 Å². The van der Waals surface area contributed by atoms with Crippen LogP contribution in [-0.4, -0.2) is 17.7 Å². The quantitative estimate of drug-likeness (QED) is 0.679. The lowest BCUT2D eigenvalue weighted by Gasteiger charge is -2.10. The maximum Gasteiger partial charge on any atom is 0.269 e. The normalized spacial score (nSPS) is 10.1. The molecule has 2 aromatic carbocycles. The third-order valence-electron chi connectivity index (χ3n) is 3.52. The zero-order valence-electron chi connectivity index (χ0n) is 13.9. The van der Waals surface area contributed by atoms with E-state index >= 15 is 0 Å². The second kappa shape index (κ2) is 9.22. The van der Waals surface area contributed by atoms with Gasteiger partial charge in [-0.2, -0.15) is 0 Å². The first kappa shape index (κ1) is 19.8. The molecular formula is C18H17Cl2N3O3. The van der Waals surface area contributed by atoms with E-state index in [0.29, 0.717) is 21.3 Å². The molecule has 0 heterocycles. The molecule has 0 saturated heterocycles. The Morgan fingerprint density at radius 1 is 0.923 bits per heavy atom. The minimum atomic E-state index is -0.500. The largest absolute Gasteiger partial charge is 0.326 e. The second-order valence-corrected chi connectivity index (χ2v) is 6.32. The fourth-order valence-corrected chi connectivity index (χ4v) is 2.44. The van der Waals surface area contributed by atoms with Gasteiger partial charge in [-0.05, 0) is 42.8 Å². The molecule has 26 heavy (non-hydrogen) atoms. The number of hydrogen-bond acceptors (Lipinski definition) is 3. The van der Waals surface area contributed by atoms with E-state index in [1.54, 1.807) is 43.3 Å². The third kappa shape index (κ3) is 5.75.